The fourth-order valence-electron chi connectivity index (χ4n) is 1.16. The number of carbonyl (C=O) groups excluding carboxylic acids is 1. The van der Waals surface area contributed by atoms with Gasteiger partial charge in [-0.2, -0.15) is 0 Å². The number of benzene rings is 1. The van der Waals surface area contributed by atoms with Gasteiger partial charge < -0.3 is 5.32 Å². The molecular formula is C11H12BrClINO. The number of amides is 1. The molecule has 1 aromatic carbocycles. The van der Waals surface area contributed by atoms with Crippen LogP contribution in [-0.2, 0) is 0 Å². The lowest BCUT2D eigenvalue weighted by Gasteiger charge is -2.05. The highest BCUT2D eigenvalue weighted by Gasteiger charge is 2.06. The first-order valence-electron chi connectivity index (χ1n) is 4.94. The third kappa shape index (κ3) is 4.59. The molecule has 0 spiro atoms. The van der Waals surface area contributed by atoms with Crippen LogP contribution in [0.15, 0.2) is 18.2 Å². The third-order valence-electron chi connectivity index (χ3n) is 2.03. The lowest BCUT2D eigenvalue weighted by molar-refractivity contribution is 0.0953. The second-order valence-electron chi connectivity index (χ2n) is 3.28. The molecule has 0 aliphatic heterocycles. The fourth-order valence-corrected chi connectivity index (χ4v) is 2.07. The monoisotopic (exact) mass is 415 g/mol. The van der Waals surface area contributed by atoms with Crippen molar-refractivity contribution in [2.45, 2.75) is 12.8 Å². The molecule has 16 heavy (non-hydrogen) atoms. The van der Waals surface area contributed by atoms with Gasteiger partial charge in [0.1, 0.15) is 0 Å². The van der Waals surface area contributed by atoms with E-state index in [2.05, 4.69) is 43.8 Å². The van der Waals surface area contributed by atoms with Gasteiger partial charge in [0.15, 0.2) is 0 Å². The van der Waals surface area contributed by atoms with Gasteiger partial charge in [-0.15, -0.1) is 0 Å². The van der Waals surface area contributed by atoms with Gasteiger partial charge in [-0.3, -0.25) is 4.79 Å². The normalized spacial score (nSPS) is 10.2. The minimum absolute atomic E-state index is 0.0622. The molecule has 2 nitrogen and oxygen atoms in total. The summed E-state index contributed by atoms with van der Waals surface area (Å²) in [4.78, 5) is 11.7. The van der Waals surface area contributed by atoms with Crippen LogP contribution in [0.5, 0.6) is 0 Å². The summed E-state index contributed by atoms with van der Waals surface area (Å²) in [5.41, 5.74) is 0.615. The zero-order chi connectivity index (χ0) is 12.0. The van der Waals surface area contributed by atoms with E-state index in [1.807, 2.05) is 6.07 Å². The van der Waals surface area contributed by atoms with E-state index in [-0.39, 0.29) is 5.91 Å². The smallest absolute Gasteiger partial charge is 0.251 e. The first-order chi connectivity index (χ1) is 7.65. The Bertz CT molecular complexity index is 373. The van der Waals surface area contributed by atoms with Crippen LogP contribution in [0.1, 0.15) is 23.2 Å². The molecular weight excluding hydrogens is 404 g/mol. The second kappa shape index (κ2) is 7.50. The predicted octanol–water partition coefficient (Wildman–Crippen LogP) is 3.85. The molecule has 0 atom stereocenters. The molecule has 0 aromatic heterocycles. The molecule has 0 aliphatic carbocycles. The van der Waals surface area contributed by atoms with Crippen LogP contribution in [0.2, 0.25) is 5.02 Å². The topological polar surface area (TPSA) is 29.1 Å². The Labute approximate surface area is 122 Å². The van der Waals surface area contributed by atoms with Gasteiger partial charge in [0.2, 0.25) is 0 Å². The molecule has 1 rings (SSSR count). The van der Waals surface area contributed by atoms with Gasteiger partial charge in [-0.25, -0.2) is 0 Å². The number of unbranched alkanes of at least 4 members (excludes halogenated alkanes) is 1. The van der Waals surface area contributed by atoms with Gasteiger partial charge in [-0.05, 0) is 53.6 Å². The molecule has 88 valence electrons. The average molecular weight is 416 g/mol. The van der Waals surface area contributed by atoms with Crippen LogP contribution in [0.3, 0.4) is 0 Å². The van der Waals surface area contributed by atoms with E-state index >= 15 is 0 Å². The van der Waals surface area contributed by atoms with Gasteiger partial charge >= 0.3 is 0 Å². The van der Waals surface area contributed by atoms with E-state index in [1.165, 1.54) is 0 Å². The second-order valence-corrected chi connectivity index (χ2v) is 5.64. The number of hydrogen-bond donors (Lipinski definition) is 1. The molecule has 1 N–H and O–H groups in total. The van der Waals surface area contributed by atoms with Crippen molar-refractivity contribution in [3.05, 3.63) is 32.4 Å². The SMILES string of the molecule is O=C(NCCCCBr)c1ccc(I)c(Cl)c1. The summed E-state index contributed by atoms with van der Waals surface area (Å²) in [7, 11) is 0. The number of rotatable bonds is 5. The Morgan fingerprint density at radius 3 is 2.81 bits per heavy atom. The maximum absolute atomic E-state index is 11.7. The van der Waals surface area contributed by atoms with Gasteiger partial charge in [0.25, 0.3) is 5.91 Å². The number of nitrogens with one attached hydrogen (secondary N) is 1. The largest absolute Gasteiger partial charge is 0.352 e. The molecule has 0 unspecified atom stereocenters. The lowest BCUT2D eigenvalue weighted by atomic mass is 10.2. The highest BCUT2D eigenvalue weighted by Crippen LogP contribution is 2.19. The average Bonchev–Trinajstić information content (AvgIpc) is 2.28. The molecule has 5 heteroatoms. The minimum atomic E-state index is -0.0622. The highest BCUT2D eigenvalue weighted by molar-refractivity contribution is 14.1. The molecule has 0 saturated carbocycles. The van der Waals surface area contributed by atoms with E-state index in [4.69, 9.17) is 11.6 Å². The summed E-state index contributed by atoms with van der Waals surface area (Å²) in [5.74, 6) is -0.0622. The Kier molecular flexibility index (Phi) is 6.68. The van der Waals surface area contributed by atoms with Crippen LogP contribution < -0.4 is 5.32 Å². The van der Waals surface area contributed by atoms with E-state index < -0.39 is 0 Å². The van der Waals surface area contributed by atoms with Crippen molar-refractivity contribution in [3.8, 4) is 0 Å². The molecule has 0 radical (unpaired) electrons. The maximum atomic E-state index is 11.7. The van der Waals surface area contributed by atoms with Crippen molar-refractivity contribution in [3.63, 3.8) is 0 Å². The van der Waals surface area contributed by atoms with Crippen LogP contribution in [-0.4, -0.2) is 17.8 Å². The van der Waals surface area contributed by atoms with Gasteiger partial charge in [-0.1, -0.05) is 27.5 Å². The fraction of sp³-hybridized carbons (Fsp3) is 0.364. The highest BCUT2D eigenvalue weighted by atomic mass is 127. The molecule has 0 saturated heterocycles. The summed E-state index contributed by atoms with van der Waals surface area (Å²) in [6, 6.07) is 5.33. The third-order valence-corrected chi connectivity index (χ3v) is 4.16. The Morgan fingerprint density at radius 1 is 1.44 bits per heavy atom. The number of alkyl halides is 1. The van der Waals surface area contributed by atoms with Crippen LogP contribution >= 0.6 is 50.1 Å². The van der Waals surface area contributed by atoms with Crippen molar-refractivity contribution < 1.29 is 4.79 Å². The van der Waals surface area contributed by atoms with Crippen molar-refractivity contribution in [1.82, 2.24) is 5.32 Å². The number of halogens is 3. The Hall–Kier alpha value is 0.190. The first-order valence-corrected chi connectivity index (χ1v) is 7.52. The molecule has 1 amide bonds. The minimum Gasteiger partial charge on any atom is -0.352 e. The van der Waals surface area contributed by atoms with Crippen molar-refractivity contribution in [2.75, 3.05) is 11.9 Å². The van der Waals surface area contributed by atoms with Gasteiger partial charge in [0.05, 0.1) is 5.02 Å². The molecule has 0 fully saturated rings. The van der Waals surface area contributed by atoms with Crippen molar-refractivity contribution in [1.29, 1.82) is 0 Å². The zero-order valence-corrected chi connectivity index (χ0v) is 13.1. The quantitative estimate of drug-likeness (QED) is 0.441. The Balaban J connectivity index is 2.50. The van der Waals surface area contributed by atoms with Crippen LogP contribution in [0, 0.1) is 3.57 Å². The summed E-state index contributed by atoms with van der Waals surface area (Å²) < 4.78 is 0.954. The molecule has 0 aliphatic rings. The molecule has 0 heterocycles. The standard InChI is InChI=1S/C11H12BrClINO/c12-5-1-2-6-15-11(16)8-3-4-10(14)9(13)7-8/h3-4,7H,1-2,5-6H2,(H,15,16). The summed E-state index contributed by atoms with van der Waals surface area (Å²) in [6.45, 7) is 0.702. The number of carbonyl (C=O) groups is 1. The van der Waals surface area contributed by atoms with E-state index in [0.29, 0.717) is 17.1 Å². The van der Waals surface area contributed by atoms with Crippen molar-refractivity contribution >= 4 is 56.0 Å². The zero-order valence-electron chi connectivity index (χ0n) is 8.60. The van der Waals surface area contributed by atoms with Crippen LogP contribution in [0.4, 0.5) is 0 Å². The lowest BCUT2D eigenvalue weighted by Crippen LogP contribution is -2.24. The maximum Gasteiger partial charge on any atom is 0.251 e. The first kappa shape index (κ1) is 14.3. The summed E-state index contributed by atoms with van der Waals surface area (Å²) in [6.07, 6.45) is 2.04. The Morgan fingerprint density at radius 2 is 2.19 bits per heavy atom. The van der Waals surface area contributed by atoms with E-state index in [9.17, 15) is 4.79 Å². The van der Waals surface area contributed by atoms with E-state index in [1.54, 1.807) is 12.1 Å². The summed E-state index contributed by atoms with van der Waals surface area (Å²) in [5, 5.41) is 4.45. The molecule has 0 bridgehead atoms. The van der Waals surface area contributed by atoms with Crippen molar-refractivity contribution in [2.24, 2.45) is 0 Å². The van der Waals surface area contributed by atoms with Gasteiger partial charge in [0, 0.05) is 21.0 Å². The number of hydrogen-bond acceptors (Lipinski definition) is 1. The molecule has 1 aromatic rings. The summed E-state index contributed by atoms with van der Waals surface area (Å²) >= 11 is 11.4. The predicted molar refractivity (Wildman–Crippen MR) is 79.5 cm³/mol. The van der Waals surface area contributed by atoms with E-state index in [0.717, 1.165) is 21.7 Å². The van der Waals surface area contributed by atoms with Crippen LogP contribution in [0.25, 0.3) is 0 Å².